The van der Waals surface area contributed by atoms with Crippen LogP contribution in [0.1, 0.15) is 55.4 Å². The lowest BCUT2D eigenvalue weighted by molar-refractivity contribution is 0.0518. The predicted octanol–water partition coefficient (Wildman–Crippen LogP) is 4.55. The summed E-state index contributed by atoms with van der Waals surface area (Å²) < 4.78 is 10.9. The number of aromatic amines is 1. The van der Waals surface area contributed by atoms with Crippen molar-refractivity contribution < 1.29 is 14.3 Å². The Kier molecular flexibility index (Phi) is 5.04. The monoisotopic (exact) mass is 340 g/mol. The number of carbonyl (C=O) groups excluding carboxylic acids is 1. The molecule has 0 saturated heterocycles. The Labute approximate surface area is 147 Å². The highest BCUT2D eigenvalue weighted by molar-refractivity contribution is 6.11. The number of ether oxygens (including phenoxy) is 2. The zero-order valence-corrected chi connectivity index (χ0v) is 15.2. The third-order valence-electron chi connectivity index (χ3n) is 4.47. The summed E-state index contributed by atoms with van der Waals surface area (Å²) in [6, 6.07) is 6.27. The Morgan fingerprint density at radius 3 is 2.68 bits per heavy atom. The van der Waals surface area contributed by atoms with E-state index < -0.39 is 0 Å². The van der Waals surface area contributed by atoms with Crippen LogP contribution in [-0.2, 0) is 15.9 Å². The number of aromatic nitrogens is 2. The number of nitrogens with one attached hydrogen (secondary N) is 1. The zero-order valence-electron chi connectivity index (χ0n) is 15.2. The van der Waals surface area contributed by atoms with Gasteiger partial charge < -0.3 is 14.5 Å². The number of esters is 1. The van der Waals surface area contributed by atoms with Crippen LogP contribution in [0.3, 0.4) is 0 Å². The molecule has 0 aliphatic rings. The van der Waals surface area contributed by atoms with E-state index in [0.717, 1.165) is 32.9 Å². The number of hydrogen-bond acceptors (Lipinski definition) is 4. The fourth-order valence-electron chi connectivity index (χ4n) is 3.30. The Morgan fingerprint density at radius 2 is 2.00 bits per heavy atom. The van der Waals surface area contributed by atoms with Gasteiger partial charge in [-0.15, -0.1) is 0 Å². The number of rotatable bonds is 6. The largest absolute Gasteiger partial charge is 0.461 e. The molecular weight excluding hydrogens is 316 g/mol. The third-order valence-corrected chi connectivity index (χ3v) is 4.47. The summed E-state index contributed by atoms with van der Waals surface area (Å²) in [6.07, 6.45) is 2.44. The first kappa shape index (κ1) is 17.4. The maximum absolute atomic E-state index is 12.3. The molecule has 1 aromatic carbocycles. The van der Waals surface area contributed by atoms with E-state index in [1.807, 2.05) is 20.8 Å². The fraction of sp³-hybridized carbons (Fsp3) is 0.400. The molecule has 1 N–H and O–H groups in total. The molecule has 5 heteroatoms. The minimum atomic E-state index is -0.366. The van der Waals surface area contributed by atoms with Crippen LogP contribution in [0, 0.1) is 0 Å². The predicted molar refractivity (Wildman–Crippen MR) is 99.0 cm³/mol. The van der Waals surface area contributed by atoms with Crippen molar-refractivity contribution in [1.29, 1.82) is 0 Å². The minimum Gasteiger partial charge on any atom is -0.461 e. The molecule has 0 fully saturated rings. The molecule has 2 aromatic heterocycles. The number of H-pyrrole nitrogens is 1. The molecule has 132 valence electrons. The van der Waals surface area contributed by atoms with Crippen LogP contribution in [0.15, 0.2) is 24.4 Å². The van der Waals surface area contributed by atoms with Gasteiger partial charge in [-0.3, -0.25) is 0 Å². The maximum atomic E-state index is 12.3. The normalized spacial score (nSPS) is 12.6. The lowest BCUT2D eigenvalue weighted by Gasteiger charge is -2.12. The number of hydrogen-bond donors (Lipinski definition) is 1. The van der Waals surface area contributed by atoms with E-state index in [1.54, 1.807) is 13.1 Å². The Balaban J connectivity index is 2.23. The molecule has 0 saturated carbocycles. The molecule has 0 aliphatic carbocycles. The van der Waals surface area contributed by atoms with Crippen LogP contribution in [0.25, 0.3) is 21.8 Å². The summed E-state index contributed by atoms with van der Waals surface area (Å²) >= 11 is 0. The molecule has 0 aliphatic heterocycles. The van der Waals surface area contributed by atoms with Crippen molar-refractivity contribution in [1.82, 2.24) is 9.97 Å². The summed E-state index contributed by atoms with van der Waals surface area (Å²) in [6.45, 7) is 8.88. The first-order valence-electron chi connectivity index (χ1n) is 8.82. The van der Waals surface area contributed by atoms with Gasteiger partial charge in [-0.05, 0) is 50.5 Å². The van der Waals surface area contributed by atoms with Gasteiger partial charge in [0, 0.05) is 22.9 Å². The zero-order chi connectivity index (χ0) is 18.0. The lowest BCUT2D eigenvalue weighted by atomic mass is 10.0. The Morgan fingerprint density at radius 1 is 1.20 bits per heavy atom. The molecule has 0 bridgehead atoms. The van der Waals surface area contributed by atoms with Gasteiger partial charge in [0.2, 0.25) is 0 Å². The molecule has 3 aromatic rings. The van der Waals surface area contributed by atoms with Crippen molar-refractivity contribution in [2.45, 2.75) is 40.2 Å². The molecule has 0 amide bonds. The highest BCUT2D eigenvalue weighted by Crippen LogP contribution is 2.32. The van der Waals surface area contributed by atoms with Gasteiger partial charge >= 0.3 is 5.97 Å². The van der Waals surface area contributed by atoms with E-state index in [2.05, 4.69) is 28.2 Å². The molecular formula is C20H24N2O3. The highest BCUT2D eigenvalue weighted by Gasteiger charge is 2.19. The fourth-order valence-corrected chi connectivity index (χ4v) is 3.30. The van der Waals surface area contributed by atoms with E-state index in [1.165, 1.54) is 0 Å². The molecule has 3 rings (SSSR count). The Hall–Kier alpha value is -2.40. The summed E-state index contributed by atoms with van der Waals surface area (Å²) in [4.78, 5) is 20.0. The van der Waals surface area contributed by atoms with Gasteiger partial charge in [-0.25, -0.2) is 9.78 Å². The molecule has 1 atom stereocenters. The van der Waals surface area contributed by atoms with Gasteiger partial charge in [0.1, 0.15) is 0 Å². The minimum absolute atomic E-state index is 0.0239. The number of aryl methyl sites for hydroxylation is 1. The van der Waals surface area contributed by atoms with Gasteiger partial charge in [-0.2, -0.15) is 0 Å². The topological polar surface area (TPSA) is 64.2 Å². The van der Waals surface area contributed by atoms with Crippen LogP contribution >= 0.6 is 0 Å². The number of carbonyl (C=O) groups is 1. The van der Waals surface area contributed by atoms with Gasteiger partial charge in [0.15, 0.2) is 5.69 Å². The van der Waals surface area contributed by atoms with E-state index in [-0.39, 0.29) is 12.1 Å². The summed E-state index contributed by atoms with van der Waals surface area (Å²) in [5.41, 5.74) is 4.40. The lowest BCUT2D eigenvalue weighted by Crippen LogP contribution is -2.10. The van der Waals surface area contributed by atoms with Crippen molar-refractivity contribution in [3.63, 3.8) is 0 Å². The van der Waals surface area contributed by atoms with Crippen LogP contribution in [0.5, 0.6) is 0 Å². The quantitative estimate of drug-likeness (QED) is 0.669. The second-order valence-electron chi connectivity index (χ2n) is 5.98. The number of fused-ring (bicyclic) bond motifs is 3. The smallest absolute Gasteiger partial charge is 0.357 e. The van der Waals surface area contributed by atoms with Crippen LogP contribution < -0.4 is 0 Å². The highest BCUT2D eigenvalue weighted by atomic mass is 16.5. The standard InChI is InChI=1S/C20H24N2O3/c1-5-14-18-15-10-13(12(4)24-6-2)8-9-16(15)22-17(18)11-21-19(14)20(23)25-7-3/h8-12,22H,5-7H2,1-4H3. The third kappa shape index (κ3) is 3.12. The van der Waals surface area contributed by atoms with Crippen LogP contribution in [0.2, 0.25) is 0 Å². The van der Waals surface area contributed by atoms with Crippen LogP contribution in [-0.4, -0.2) is 29.2 Å². The summed E-state index contributed by atoms with van der Waals surface area (Å²) in [5.74, 6) is -0.366. The molecule has 0 spiro atoms. The van der Waals surface area contributed by atoms with E-state index in [0.29, 0.717) is 25.3 Å². The second-order valence-corrected chi connectivity index (χ2v) is 5.98. The van der Waals surface area contributed by atoms with Gasteiger partial charge in [0.25, 0.3) is 0 Å². The molecule has 25 heavy (non-hydrogen) atoms. The van der Waals surface area contributed by atoms with E-state index in [9.17, 15) is 4.79 Å². The van der Waals surface area contributed by atoms with Crippen molar-refractivity contribution in [3.8, 4) is 0 Å². The number of benzene rings is 1. The SMILES string of the molecule is CCOC(=O)c1ncc2[nH]c3ccc(C(C)OCC)cc3c2c1CC. The van der Waals surface area contributed by atoms with Crippen molar-refractivity contribution >= 4 is 27.8 Å². The van der Waals surface area contributed by atoms with Crippen molar-refractivity contribution in [2.75, 3.05) is 13.2 Å². The molecule has 1 unspecified atom stereocenters. The molecule has 0 radical (unpaired) electrons. The first-order chi connectivity index (χ1) is 12.1. The van der Waals surface area contributed by atoms with E-state index in [4.69, 9.17) is 9.47 Å². The van der Waals surface area contributed by atoms with Gasteiger partial charge in [-0.1, -0.05) is 13.0 Å². The maximum Gasteiger partial charge on any atom is 0.357 e. The summed E-state index contributed by atoms with van der Waals surface area (Å²) in [7, 11) is 0. The molecule has 2 heterocycles. The second kappa shape index (κ2) is 7.23. The van der Waals surface area contributed by atoms with Crippen LogP contribution in [0.4, 0.5) is 0 Å². The molecule has 5 nitrogen and oxygen atoms in total. The van der Waals surface area contributed by atoms with Gasteiger partial charge in [0.05, 0.1) is 24.4 Å². The average Bonchev–Trinajstić information content (AvgIpc) is 2.99. The van der Waals surface area contributed by atoms with Crippen molar-refractivity contribution in [3.05, 3.63) is 41.2 Å². The number of nitrogens with zero attached hydrogens (tertiary/aromatic N) is 1. The first-order valence-corrected chi connectivity index (χ1v) is 8.82. The van der Waals surface area contributed by atoms with Crippen molar-refractivity contribution in [2.24, 2.45) is 0 Å². The summed E-state index contributed by atoms with van der Waals surface area (Å²) in [5, 5.41) is 2.13. The Bertz CT molecular complexity index is 914. The number of pyridine rings is 1. The average molecular weight is 340 g/mol. The van der Waals surface area contributed by atoms with E-state index >= 15 is 0 Å².